The molecule has 0 saturated heterocycles. The number of hydrogen-bond donors (Lipinski definition) is 0. The van der Waals surface area contributed by atoms with Crippen molar-refractivity contribution in [3.05, 3.63) is 59.7 Å². The molecule has 0 aromatic carbocycles. The zero-order valence-corrected chi connectivity index (χ0v) is 14.6. The van der Waals surface area contributed by atoms with Crippen LogP contribution >= 0.6 is 0 Å². The fraction of sp³-hybridized carbons (Fsp3) is 0.333. The minimum atomic E-state index is -0.179. The molecule has 8 heteroatoms. The van der Waals surface area contributed by atoms with E-state index in [2.05, 4.69) is 15.2 Å². The Morgan fingerprint density at radius 2 is 2.19 bits per heavy atom. The van der Waals surface area contributed by atoms with Gasteiger partial charge in [-0.2, -0.15) is 0 Å². The standard InChI is InChI=1S/C18H19N5O3/c1-12-17-21-20-15(11-26-16-5-3-4-7-19-16)23(17)9-8-22(12)18(24)14-6-10-25-13(14)2/h3-7,10,12H,8-9,11H2,1-2H3/t12-/m0/s1. The van der Waals surface area contributed by atoms with Gasteiger partial charge in [0, 0.05) is 25.4 Å². The van der Waals surface area contributed by atoms with Gasteiger partial charge in [0.25, 0.3) is 5.91 Å². The Balaban J connectivity index is 1.51. The van der Waals surface area contributed by atoms with Gasteiger partial charge in [-0.05, 0) is 26.0 Å². The van der Waals surface area contributed by atoms with Gasteiger partial charge in [-0.25, -0.2) is 4.98 Å². The number of furan rings is 1. The summed E-state index contributed by atoms with van der Waals surface area (Å²) in [6.45, 7) is 5.22. The maximum atomic E-state index is 12.8. The number of nitrogens with zero attached hydrogens (tertiary/aromatic N) is 5. The number of carbonyl (C=O) groups is 1. The van der Waals surface area contributed by atoms with E-state index < -0.39 is 0 Å². The normalized spacial score (nSPS) is 16.4. The fourth-order valence-electron chi connectivity index (χ4n) is 3.16. The van der Waals surface area contributed by atoms with Crippen LogP contribution in [0, 0.1) is 6.92 Å². The van der Waals surface area contributed by atoms with Crippen molar-refractivity contribution < 1.29 is 13.9 Å². The third-order valence-electron chi connectivity index (χ3n) is 4.60. The van der Waals surface area contributed by atoms with E-state index in [1.54, 1.807) is 30.2 Å². The van der Waals surface area contributed by atoms with Crippen molar-refractivity contribution in [2.45, 2.75) is 33.0 Å². The van der Waals surface area contributed by atoms with E-state index in [1.165, 1.54) is 6.26 Å². The summed E-state index contributed by atoms with van der Waals surface area (Å²) in [5, 5.41) is 8.52. The van der Waals surface area contributed by atoms with E-state index >= 15 is 0 Å². The summed E-state index contributed by atoms with van der Waals surface area (Å²) in [6, 6.07) is 7.02. The first-order chi connectivity index (χ1) is 12.6. The number of fused-ring (bicyclic) bond motifs is 1. The first-order valence-electron chi connectivity index (χ1n) is 8.46. The first kappa shape index (κ1) is 16.3. The van der Waals surface area contributed by atoms with Crippen LogP contribution in [0.3, 0.4) is 0 Å². The van der Waals surface area contributed by atoms with Crippen molar-refractivity contribution in [2.24, 2.45) is 0 Å². The van der Waals surface area contributed by atoms with Crippen LogP contribution < -0.4 is 4.74 Å². The van der Waals surface area contributed by atoms with Crippen LogP contribution in [0.5, 0.6) is 5.88 Å². The summed E-state index contributed by atoms with van der Waals surface area (Å²) in [7, 11) is 0. The van der Waals surface area contributed by atoms with Crippen molar-refractivity contribution >= 4 is 5.91 Å². The zero-order valence-electron chi connectivity index (χ0n) is 14.6. The molecule has 0 unspecified atom stereocenters. The van der Waals surface area contributed by atoms with Gasteiger partial charge >= 0.3 is 0 Å². The van der Waals surface area contributed by atoms with Crippen LogP contribution in [0.15, 0.2) is 41.1 Å². The number of ether oxygens (including phenoxy) is 1. The predicted molar refractivity (Wildman–Crippen MR) is 91.5 cm³/mol. The van der Waals surface area contributed by atoms with E-state index in [-0.39, 0.29) is 18.6 Å². The van der Waals surface area contributed by atoms with Gasteiger partial charge in [0.2, 0.25) is 5.88 Å². The second-order valence-corrected chi connectivity index (χ2v) is 6.15. The molecule has 0 spiro atoms. The van der Waals surface area contributed by atoms with E-state index in [0.717, 1.165) is 11.6 Å². The Kier molecular flexibility index (Phi) is 4.16. The molecule has 0 N–H and O–H groups in total. The quantitative estimate of drug-likeness (QED) is 0.716. The molecular formula is C18H19N5O3. The van der Waals surface area contributed by atoms with Gasteiger partial charge in [0.15, 0.2) is 11.6 Å². The molecule has 0 aliphatic carbocycles. The SMILES string of the molecule is Cc1occc1C(=O)N1CCn2c(COc3ccccn3)nnc2[C@@H]1C. The van der Waals surface area contributed by atoms with Gasteiger partial charge < -0.3 is 18.6 Å². The number of rotatable bonds is 4. The molecule has 0 fully saturated rings. The lowest BCUT2D eigenvalue weighted by molar-refractivity contribution is 0.0633. The summed E-state index contributed by atoms with van der Waals surface area (Å²) in [4.78, 5) is 18.7. The average Bonchev–Trinajstić information content (AvgIpc) is 3.27. The van der Waals surface area contributed by atoms with Crippen LogP contribution in [-0.4, -0.2) is 37.1 Å². The molecule has 26 heavy (non-hydrogen) atoms. The summed E-state index contributed by atoms with van der Waals surface area (Å²) in [5.41, 5.74) is 0.587. The summed E-state index contributed by atoms with van der Waals surface area (Å²) in [5.74, 6) is 2.60. The third-order valence-corrected chi connectivity index (χ3v) is 4.60. The predicted octanol–water partition coefficient (Wildman–Crippen LogP) is 2.37. The minimum Gasteiger partial charge on any atom is -0.469 e. The molecule has 1 atom stereocenters. The van der Waals surface area contributed by atoms with Gasteiger partial charge in [0.05, 0.1) is 17.9 Å². The van der Waals surface area contributed by atoms with E-state index in [9.17, 15) is 4.79 Å². The Bertz CT molecular complexity index is 918. The molecule has 1 aliphatic rings. The monoisotopic (exact) mass is 353 g/mol. The Hall–Kier alpha value is -3.16. The minimum absolute atomic E-state index is 0.0516. The van der Waals surface area contributed by atoms with Crippen LogP contribution in [0.4, 0.5) is 0 Å². The molecule has 8 nitrogen and oxygen atoms in total. The highest BCUT2D eigenvalue weighted by Gasteiger charge is 2.32. The second-order valence-electron chi connectivity index (χ2n) is 6.15. The Labute approximate surface area is 150 Å². The number of aryl methyl sites for hydroxylation is 1. The van der Waals surface area contributed by atoms with Crippen molar-refractivity contribution in [3.8, 4) is 5.88 Å². The molecule has 134 valence electrons. The highest BCUT2D eigenvalue weighted by molar-refractivity contribution is 5.95. The van der Waals surface area contributed by atoms with Gasteiger partial charge in [-0.15, -0.1) is 10.2 Å². The smallest absolute Gasteiger partial charge is 0.258 e. The van der Waals surface area contributed by atoms with Crippen molar-refractivity contribution in [2.75, 3.05) is 6.54 Å². The summed E-state index contributed by atoms with van der Waals surface area (Å²) >= 11 is 0. The second kappa shape index (κ2) is 6.62. The van der Waals surface area contributed by atoms with Crippen molar-refractivity contribution in [3.63, 3.8) is 0 Å². The fourth-order valence-corrected chi connectivity index (χ4v) is 3.16. The number of carbonyl (C=O) groups excluding carboxylic acids is 1. The van der Waals surface area contributed by atoms with Crippen LogP contribution in [0.1, 0.15) is 40.7 Å². The number of amides is 1. The van der Waals surface area contributed by atoms with Gasteiger partial charge in [-0.3, -0.25) is 4.79 Å². The number of hydrogen-bond acceptors (Lipinski definition) is 6. The lowest BCUT2D eigenvalue weighted by atomic mass is 10.1. The molecule has 0 saturated carbocycles. The lowest BCUT2D eigenvalue weighted by Crippen LogP contribution is -2.41. The van der Waals surface area contributed by atoms with E-state index in [4.69, 9.17) is 9.15 Å². The molecule has 0 radical (unpaired) electrons. The number of aromatic nitrogens is 4. The maximum absolute atomic E-state index is 12.8. The average molecular weight is 353 g/mol. The molecule has 4 heterocycles. The van der Waals surface area contributed by atoms with Crippen LogP contribution in [0.2, 0.25) is 0 Å². The highest BCUT2D eigenvalue weighted by Crippen LogP contribution is 2.27. The molecule has 3 aromatic heterocycles. The lowest BCUT2D eigenvalue weighted by Gasteiger charge is -2.33. The number of pyridine rings is 1. The van der Waals surface area contributed by atoms with E-state index in [0.29, 0.717) is 30.3 Å². The summed E-state index contributed by atoms with van der Waals surface area (Å²) < 4.78 is 12.9. The molecule has 1 amide bonds. The third kappa shape index (κ3) is 2.83. The van der Waals surface area contributed by atoms with Crippen LogP contribution in [0.25, 0.3) is 0 Å². The molecule has 0 bridgehead atoms. The topological polar surface area (TPSA) is 86.3 Å². The van der Waals surface area contributed by atoms with Gasteiger partial charge in [-0.1, -0.05) is 6.07 Å². The molecule has 3 aromatic rings. The van der Waals surface area contributed by atoms with Crippen molar-refractivity contribution in [1.29, 1.82) is 0 Å². The molecular weight excluding hydrogens is 334 g/mol. The largest absolute Gasteiger partial charge is 0.469 e. The first-order valence-corrected chi connectivity index (χ1v) is 8.46. The maximum Gasteiger partial charge on any atom is 0.258 e. The summed E-state index contributed by atoms with van der Waals surface area (Å²) in [6.07, 6.45) is 3.21. The zero-order chi connectivity index (χ0) is 18.1. The molecule has 1 aliphatic heterocycles. The highest BCUT2D eigenvalue weighted by atomic mass is 16.5. The Morgan fingerprint density at radius 1 is 1.31 bits per heavy atom. The Morgan fingerprint density at radius 3 is 2.92 bits per heavy atom. The molecule has 4 rings (SSSR count). The van der Waals surface area contributed by atoms with Crippen molar-refractivity contribution in [1.82, 2.24) is 24.6 Å². The van der Waals surface area contributed by atoms with Crippen LogP contribution in [-0.2, 0) is 13.2 Å². The van der Waals surface area contributed by atoms with E-state index in [1.807, 2.05) is 23.6 Å². The van der Waals surface area contributed by atoms with Gasteiger partial charge in [0.1, 0.15) is 12.4 Å².